The van der Waals surface area contributed by atoms with Crippen molar-refractivity contribution in [2.45, 2.75) is 12.1 Å². The Morgan fingerprint density at radius 3 is 2.23 bits per heavy atom. The quantitative estimate of drug-likeness (QED) is 0.564. The smallest absolute Gasteiger partial charge is 0.291 e. The molecule has 0 unspecified atom stereocenters. The van der Waals surface area contributed by atoms with Crippen LogP contribution in [0, 0.1) is 0 Å². The Morgan fingerprint density at radius 1 is 0.867 bits per heavy atom. The predicted octanol–water partition coefficient (Wildman–Crippen LogP) is 4.07. The van der Waals surface area contributed by atoms with Crippen molar-refractivity contribution in [3.63, 3.8) is 0 Å². The Morgan fingerprint density at radius 2 is 1.50 bits per heavy atom. The summed E-state index contributed by atoms with van der Waals surface area (Å²) in [6, 6.07) is 24.9. The van der Waals surface area contributed by atoms with Gasteiger partial charge in [0.25, 0.3) is 5.91 Å². The predicted molar refractivity (Wildman–Crippen MR) is 113 cm³/mol. The molecule has 5 nitrogen and oxygen atoms in total. The second-order valence-electron chi connectivity index (χ2n) is 7.37. The topological polar surface area (TPSA) is 70.8 Å². The van der Waals surface area contributed by atoms with E-state index in [0.29, 0.717) is 22.1 Å². The highest BCUT2D eigenvalue weighted by molar-refractivity contribution is 5.99. The number of carbonyl (C=O) groups excluding carboxylic acids is 1. The highest BCUT2D eigenvalue weighted by atomic mass is 16.3. The van der Waals surface area contributed by atoms with Crippen LogP contribution in [-0.4, -0.2) is 22.5 Å². The van der Waals surface area contributed by atoms with Gasteiger partial charge in [0.2, 0.25) is 5.76 Å². The first-order valence-corrected chi connectivity index (χ1v) is 9.80. The molecular formula is C25H19NO4. The molecule has 3 aromatic carbocycles. The van der Waals surface area contributed by atoms with Crippen LogP contribution >= 0.6 is 0 Å². The van der Waals surface area contributed by atoms with Gasteiger partial charge in [-0.05, 0) is 23.3 Å². The number of hydrogen-bond donors (Lipinski definition) is 1. The largest absolute Gasteiger partial charge is 0.450 e. The third kappa shape index (κ3) is 2.91. The monoisotopic (exact) mass is 397 g/mol. The molecule has 5 heteroatoms. The Balaban J connectivity index is 1.66. The third-order valence-corrected chi connectivity index (χ3v) is 5.54. The van der Waals surface area contributed by atoms with Gasteiger partial charge in [-0.15, -0.1) is 0 Å². The van der Waals surface area contributed by atoms with Crippen LogP contribution in [0.5, 0.6) is 0 Å². The van der Waals surface area contributed by atoms with Crippen molar-refractivity contribution in [3.8, 4) is 0 Å². The van der Waals surface area contributed by atoms with Crippen LogP contribution in [0.15, 0.2) is 94.1 Å². The maximum atomic E-state index is 13.3. The minimum absolute atomic E-state index is 0.0440. The molecule has 0 radical (unpaired) electrons. The first-order valence-electron chi connectivity index (χ1n) is 9.80. The van der Waals surface area contributed by atoms with Crippen molar-refractivity contribution in [1.82, 2.24) is 4.90 Å². The van der Waals surface area contributed by atoms with Crippen LogP contribution in [0.4, 0.5) is 0 Å². The number of β-amino-alcohol motifs (C(OH)–C–C–N with tert-alkyl or cyclic N) is 1. The van der Waals surface area contributed by atoms with Gasteiger partial charge >= 0.3 is 0 Å². The van der Waals surface area contributed by atoms with Crippen LogP contribution < -0.4 is 5.43 Å². The number of aliphatic hydroxyl groups excluding tert-OH is 1. The summed E-state index contributed by atoms with van der Waals surface area (Å²) in [5.74, 6) is -0.343. The zero-order valence-corrected chi connectivity index (χ0v) is 16.1. The lowest BCUT2D eigenvalue weighted by Gasteiger charge is -2.27. The molecule has 1 aromatic heterocycles. The molecule has 0 spiro atoms. The molecule has 0 bridgehead atoms. The molecule has 148 valence electrons. The number of amides is 1. The van der Waals surface area contributed by atoms with Crippen LogP contribution in [0.25, 0.3) is 11.0 Å². The van der Waals surface area contributed by atoms with E-state index in [1.165, 1.54) is 4.90 Å². The Hall–Kier alpha value is -3.70. The Bertz CT molecular complexity index is 1280. The van der Waals surface area contributed by atoms with Crippen molar-refractivity contribution >= 4 is 16.9 Å². The van der Waals surface area contributed by atoms with E-state index in [0.717, 1.165) is 5.56 Å². The number of fused-ring (bicyclic) bond motifs is 2. The standard InChI is InChI=1S/C25H19NO4/c27-19(16-9-3-1-4-10-16)15-26-22(17-11-5-2-6-12-17)21-23(28)18-13-7-8-14-20(18)30-24(21)25(26)29/h1-14,19,22,27H,15H2/t19-,22+/m1/s1. The highest BCUT2D eigenvalue weighted by Crippen LogP contribution is 2.39. The van der Waals surface area contributed by atoms with Crippen LogP contribution in [0.3, 0.4) is 0 Å². The number of aliphatic hydroxyl groups is 1. The molecule has 0 saturated heterocycles. The molecule has 0 saturated carbocycles. The summed E-state index contributed by atoms with van der Waals surface area (Å²) in [6.07, 6.45) is -0.889. The number of benzene rings is 3. The highest BCUT2D eigenvalue weighted by Gasteiger charge is 2.43. The van der Waals surface area contributed by atoms with E-state index in [9.17, 15) is 14.7 Å². The molecule has 2 atom stereocenters. The zero-order chi connectivity index (χ0) is 20.7. The summed E-state index contributed by atoms with van der Waals surface area (Å²) < 4.78 is 5.89. The molecule has 5 rings (SSSR count). The van der Waals surface area contributed by atoms with E-state index in [1.807, 2.05) is 60.7 Å². The molecule has 0 aliphatic carbocycles. The molecule has 4 aromatic rings. The maximum Gasteiger partial charge on any atom is 0.291 e. The second kappa shape index (κ2) is 7.28. The number of rotatable bonds is 4. The fourth-order valence-corrected chi connectivity index (χ4v) is 4.10. The molecule has 1 amide bonds. The Labute approximate surface area is 172 Å². The van der Waals surface area contributed by atoms with Gasteiger partial charge in [-0.25, -0.2) is 0 Å². The lowest BCUT2D eigenvalue weighted by Crippen LogP contribution is -2.33. The normalized spacial score (nSPS) is 16.6. The lowest BCUT2D eigenvalue weighted by atomic mass is 9.98. The van der Waals surface area contributed by atoms with Gasteiger partial charge in [0.15, 0.2) is 5.43 Å². The zero-order valence-electron chi connectivity index (χ0n) is 16.1. The van der Waals surface area contributed by atoms with E-state index in [1.54, 1.807) is 24.3 Å². The van der Waals surface area contributed by atoms with Crippen molar-refractivity contribution in [1.29, 1.82) is 0 Å². The van der Waals surface area contributed by atoms with Gasteiger partial charge < -0.3 is 14.4 Å². The molecule has 1 aliphatic heterocycles. The van der Waals surface area contributed by atoms with Crippen molar-refractivity contribution in [2.75, 3.05) is 6.54 Å². The number of hydrogen-bond acceptors (Lipinski definition) is 4. The van der Waals surface area contributed by atoms with E-state index in [-0.39, 0.29) is 17.7 Å². The molecular weight excluding hydrogens is 378 g/mol. The first-order chi connectivity index (χ1) is 14.6. The van der Waals surface area contributed by atoms with E-state index in [4.69, 9.17) is 4.42 Å². The van der Waals surface area contributed by atoms with Gasteiger partial charge in [0.1, 0.15) is 5.58 Å². The first kappa shape index (κ1) is 18.3. The summed E-state index contributed by atoms with van der Waals surface area (Å²) in [7, 11) is 0. The van der Waals surface area contributed by atoms with Crippen LogP contribution in [0.2, 0.25) is 0 Å². The van der Waals surface area contributed by atoms with E-state index >= 15 is 0 Å². The summed E-state index contributed by atoms with van der Waals surface area (Å²) in [4.78, 5) is 28.2. The fourth-order valence-electron chi connectivity index (χ4n) is 4.10. The van der Waals surface area contributed by atoms with Crippen molar-refractivity contribution < 1.29 is 14.3 Å². The third-order valence-electron chi connectivity index (χ3n) is 5.54. The van der Waals surface area contributed by atoms with Gasteiger partial charge in [-0.3, -0.25) is 9.59 Å². The summed E-state index contributed by atoms with van der Waals surface area (Å²) in [6.45, 7) is 0.0440. The Kier molecular flexibility index (Phi) is 4.45. The average molecular weight is 397 g/mol. The van der Waals surface area contributed by atoms with Crippen molar-refractivity contribution in [3.05, 3.63) is 118 Å². The molecule has 1 N–H and O–H groups in total. The lowest BCUT2D eigenvalue weighted by molar-refractivity contribution is 0.0583. The van der Waals surface area contributed by atoms with Gasteiger partial charge in [0.05, 0.1) is 29.6 Å². The number of nitrogens with zero attached hydrogens (tertiary/aromatic N) is 1. The van der Waals surface area contributed by atoms with Gasteiger partial charge in [-0.1, -0.05) is 72.8 Å². The van der Waals surface area contributed by atoms with E-state index < -0.39 is 18.1 Å². The average Bonchev–Trinajstić information content (AvgIpc) is 3.07. The summed E-state index contributed by atoms with van der Waals surface area (Å²) >= 11 is 0. The van der Waals surface area contributed by atoms with Crippen molar-refractivity contribution in [2.24, 2.45) is 0 Å². The number of para-hydroxylation sites is 1. The number of carbonyl (C=O) groups is 1. The molecule has 2 heterocycles. The second-order valence-corrected chi connectivity index (χ2v) is 7.37. The molecule has 1 aliphatic rings. The minimum atomic E-state index is -0.889. The fraction of sp³-hybridized carbons (Fsp3) is 0.120. The van der Waals surface area contributed by atoms with Crippen LogP contribution in [0.1, 0.15) is 39.4 Å². The summed E-state index contributed by atoms with van der Waals surface area (Å²) in [5, 5.41) is 11.2. The van der Waals surface area contributed by atoms with Gasteiger partial charge in [-0.2, -0.15) is 0 Å². The summed E-state index contributed by atoms with van der Waals surface area (Å²) in [5.41, 5.74) is 1.99. The minimum Gasteiger partial charge on any atom is -0.450 e. The maximum absolute atomic E-state index is 13.3. The van der Waals surface area contributed by atoms with Crippen LogP contribution in [-0.2, 0) is 0 Å². The van der Waals surface area contributed by atoms with Gasteiger partial charge in [0, 0.05) is 0 Å². The van der Waals surface area contributed by atoms with E-state index in [2.05, 4.69) is 0 Å². The molecule has 30 heavy (non-hydrogen) atoms. The molecule has 0 fully saturated rings. The SMILES string of the molecule is O=C1c2oc3ccccc3c(=O)c2[C@H](c2ccccc2)N1C[C@@H](O)c1ccccc1.